The van der Waals surface area contributed by atoms with Crippen molar-refractivity contribution in [3.63, 3.8) is 0 Å². The largest absolute Gasteiger partial charge is 0.391 e. The molecule has 7 heteroatoms. The highest BCUT2D eigenvalue weighted by atomic mass is 19.1. The highest BCUT2D eigenvalue weighted by Crippen LogP contribution is 2.34. The van der Waals surface area contributed by atoms with Gasteiger partial charge in [0.15, 0.2) is 0 Å². The van der Waals surface area contributed by atoms with Crippen LogP contribution in [-0.4, -0.2) is 47.7 Å². The molecule has 0 spiro atoms. The maximum atomic E-state index is 14.5. The van der Waals surface area contributed by atoms with E-state index in [-0.39, 0.29) is 24.2 Å². The smallest absolute Gasteiger partial charge is 0.321 e. The number of benzene rings is 2. The van der Waals surface area contributed by atoms with Crippen molar-refractivity contribution in [3.05, 3.63) is 65.5 Å². The Balaban J connectivity index is 1.66. The van der Waals surface area contributed by atoms with Crippen LogP contribution >= 0.6 is 0 Å². The van der Waals surface area contributed by atoms with Crippen LogP contribution in [0.2, 0.25) is 0 Å². The number of likely N-dealkylation sites (tertiary alicyclic amines) is 1. The Bertz CT molecular complexity index is 874. The van der Waals surface area contributed by atoms with Gasteiger partial charge < -0.3 is 15.3 Å². The summed E-state index contributed by atoms with van der Waals surface area (Å²) in [5.41, 5.74) is 1.28. The Hall–Kier alpha value is -2.93. The summed E-state index contributed by atoms with van der Waals surface area (Å²) < 4.78 is 14.5. The third kappa shape index (κ3) is 3.26. The van der Waals surface area contributed by atoms with E-state index in [0.717, 1.165) is 5.56 Å². The fourth-order valence-corrected chi connectivity index (χ4v) is 3.75. The maximum Gasteiger partial charge on any atom is 0.321 e. The Morgan fingerprint density at radius 3 is 2.67 bits per heavy atom. The number of aliphatic hydroxyl groups is 1. The van der Waals surface area contributed by atoms with Crippen molar-refractivity contribution < 1.29 is 19.1 Å². The number of carbonyl (C=O) groups is 2. The molecule has 2 aliphatic heterocycles. The van der Waals surface area contributed by atoms with E-state index in [2.05, 4.69) is 5.32 Å². The molecule has 27 heavy (non-hydrogen) atoms. The lowest BCUT2D eigenvalue weighted by atomic mass is 10.0. The lowest BCUT2D eigenvalue weighted by molar-refractivity contribution is 0.0711. The number of amides is 3. The van der Waals surface area contributed by atoms with Gasteiger partial charge >= 0.3 is 6.03 Å². The molecule has 2 fully saturated rings. The van der Waals surface area contributed by atoms with E-state index in [9.17, 15) is 19.1 Å². The molecule has 3 amide bonds. The van der Waals surface area contributed by atoms with E-state index in [4.69, 9.17) is 0 Å². The molecule has 0 bridgehead atoms. The van der Waals surface area contributed by atoms with Crippen molar-refractivity contribution in [1.29, 1.82) is 0 Å². The molecular formula is C20H20FN3O3. The third-order valence-electron chi connectivity index (χ3n) is 5.07. The summed E-state index contributed by atoms with van der Waals surface area (Å²) in [7, 11) is 0. The molecule has 2 aromatic rings. The quantitative estimate of drug-likeness (QED) is 0.872. The Kier molecular flexibility index (Phi) is 4.53. The van der Waals surface area contributed by atoms with Crippen LogP contribution in [-0.2, 0) is 0 Å². The number of carbonyl (C=O) groups excluding carboxylic acids is 2. The summed E-state index contributed by atoms with van der Waals surface area (Å²) in [6, 6.07) is 12.9. The van der Waals surface area contributed by atoms with Gasteiger partial charge in [-0.05, 0) is 30.2 Å². The van der Waals surface area contributed by atoms with Crippen molar-refractivity contribution in [2.24, 2.45) is 0 Å². The number of nitrogens with one attached hydrogen (secondary N) is 1. The number of aliphatic hydroxyl groups excluding tert-OH is 1. The molecule has 2 aliphatic rings. The highest BCUT2D eigenvalue weighted by Gasteiger charge is 2.36. The van der Waals surface area contributed by atoms with Crippen LogP contribution in [0.1, 0.15) is 28.4 Å². The number of hydrogen-bond acceptors (Lipinski definition) is 3. The zero-order chi connectivity index (χ0) is 19.0. The molecule has 2 unspecified atom stereocenters. The van der Waals surface area contributed by atoms with Gasteiger partial charge in [-0.3, -0.25) is 9.69 Å². The minimum absolute atomic E-state index is 0.0952. The molecule has 2 N–H and O–H groups in total. The highest BCUT2D eigenvalue weighted by molar-refractivity contribution is 5.99. The molecule has 4 rings (SSSR count). The zero-order valence-corrected chi connectivity index (χ0v) is 14.6. The summed E-state index contributed by atoms with van der Waals surface area (Å²) >= 11 is 0. The molecule has 140 valence electrons. The van der Waals surface area contributed by atoms with Gasteiger partial charge in [0, 0.05) is 25.3 Å². The van der Waals surface area contributed by atoms with Crippen LogP contribution < -0.4 is 10.2 Å². The van der Waals surface area contributed by atoms with Gasteiger partial charge in [-0.15, -0.1) is 0 Å². The summed E-state index contributed by atoms with van der Waals surface area (Å²) in [6.45, 7) is 1.12. The van der Waals surface area contributed by atoms with Crippen molar-refractivity contribution >= 4 is 17.6 Å². The first kappa shape index (κ1) is 17.5. The van der Waals surface area contributed by atoms with Crippen molar-refractivity contribution in [2.75, 3.05) is 24.5 Å². The summed E-state index contributed by atoms with van der Waals surface area (Å²) in [5, 5.41) is 12.8. The van der Waals surface area contributed by atoms with Crippen LogP contribution in [0.15, 0.2) is 48.5 Å². The number of rotatable bonds is 3. The summed E-state index contributed by atoms with van der Waals surface area (Å²) in [4.78, 5) is 28.0. The summed E-state index contributed by atoms with van der Waals surface area (Å²) in [6.07, 6.45) is -0.249. The first-order valence-electron chi connectivity index (χ1n) is 8.93. The van der Waals surface area contributed by atoms with Gasteiger partial charge in [-0.2, -0.15) is 0 Å². The van der Waals surface area contributed by atoms with Crippen LogP contribution in [0.5, 0.6) is 0 Å². The van der Waals surface area contributed by atoms with Gasteiger partial charge in [0.05, 0.1) is 17.7 Å². The van der Waals surface area contributed by atoms with Crippen molar-refractivity contribution in [3.8, 4) is 0 Å². The molecule has 0 saturated carbocycles. The van der Waals surface area contributed by atoms with E-state index in [0.29, 0.717) is 25.2 Å². The van der Waals surface area contributed by atoms with E-state index < -0.39 is 17.8 Å². The lowest BCUT2D eigenvalue weighted by Crippen LogP contribution is -2.33. The van der Waals surface area contributed by atoms with Crippen LogP contribution in [0.25, 0.3) is 0 Å². The zero-order valence-electron chi connectivity index (χ0n) is 14.6. The van der Waals surface area contributed by atoms with Gasteiger partial charge in [-0.1, -0.05) is 30.3 Å². The molecule has 2 saturated heterocycles. The molecular weight excluding hydrogens is 349 g/mol. The first-order valence-corrected chi connectivity index (χ1v) is 8.93. The van der Waals surface area contributed by atoms with Gasteiger partial charge in [0.2, 0.25) is 0 Å². The van der Waals surface area contributed by atoms with E-state index >= 15 is 0 Å². The second kappa shape index (κ2) is 7.00. The van der Waals surface area contributed by atoms with Crippen LogP contribution in [0, 0.1) is 5.82 Å². The molecule has 0 radical (unpaired) electrons. The standard InChI is InChI=1S/C20H20FN3O3/c21-17-7-6-14(23-9-8-22-20(23)27)10-16(17)19(26)24-12-15(25)11-18(24)13-4-2-1-3-5-13/h1-7,10,15,18,25H,8-9,11-12H2,(H,22,27). The maximum absolute atomic E-state index is 14.5. The van der Waals surface area contributed by atoms with Crippen LogP contribution in [0.4, 0.5) is 14.9 Å². The Morgan fingerprint density at radius 2 is 1.96 bits per heavy atom. The second-order valence-corrected chi connectivity index (χ2v) is 6.82. The molecule has 2 atom stereocenters. The molecule has 0 aromatic heterocycles. The first-order chi connectivity index (χ1) is 13.0. The average Bonchev–Trinajstić information content (AvgIpc) is 3.28. The second-order valence-electron chi connectivity index (χ2n) is 6.82. The third-order valence-corrected chi connectivity index (χ3v) is 5.07. The SMILES string of the molecule is O=C1NCCN1c1ccc(F)c(C(=O)N2CC(O)CC2c2ccccc2)c1. The fraction of sp³-hybridized carbons (Fsp3) is 0.300. The number of halogens is 1. The predicted molar refractivity (Wildman–Crippen MR) is 98.0 cm³/mol. The average molecular weight is 369 g/mol. The minimum atomic E-state index is -0.658. The van der Waals surface area contributed by atoms with Crippen molar-refractivity contribution in [1.82, 2.24) is 10.2 Å². The molecule has 2 aromatic carbocycles. The number of nitrogens with zero attached hydrogens (tertiary/aromatic N) is 2. The Labute approximate surface area is 156 Å². The predicted octanol–water partition coefficient (Wildman–Crippen LogP) is 2.30. The molecule has 6 nitrogen and oxygen atoms in total. The van der Waals surface area contributed by atoms with Gasteiger partial charge in [-0.25, -0.2) is 9.18 Å². The summed E-state index contributed by atoms with van der Waals surface area (Å²) in [5.74, 6) is -1.13. The monoisotopic (exact) mass is 369 g/mol. The number of β-amino-alcohol motifs (C(OH)–C–C–N with tert-alkyl or cyclic N) is 1. The van der Waals surface area contributed by atoms with E-state index in [1.54, 1.807) is 0 Å². The van der Waals surface area contributed by atoms with E-state index in [1.807, 2.05) is 30.3 Å². The fourth-order valence-electron chi connectivity index (χ4n) is 3.75. The molecule has 0 aliphatic carbocycles. The normalized spacial score (nSPS) is 22.2. The molecule has 2 heterocycles. The topological polar surface area (TPSA) is 72.9 Å². The lowest BCUT2D eigenvalue weighted by Gasteiger charge is -2.25. The number of anilines is 1. The van der Waals surface area contributed by atoms with Gasteiger partial charge in [0.1, 0.15) is 5.82 Å². The number of urea groups is 1. The van der Waals surface area contributed by atoms with Crippen LogP contribution in [0.3, 0.4) is 0 Å². The van der Waals surface area contributed by atoms with Crippen molar-refractivity contribution in [2.45, 2.75) is 18.6 Å². The van der Waals surface area contributed by atoms with Gasteiger partial charge in [0.25, 0.3) is 5.91 Å². The van der Waals surface area contributed by atoms with E-state index in [1.165, 1.54) is 28.0 Å². The Morgan fingerprint density at radius 1 is 1.19 bits per heavy atom. The minimum Gasteiger partial charge on any atom is -0.391 e. The number of hydrogen-bond donors (Lipinski definition) is 2.